The Hall–Kier alpha value is -1.54. The van der Waals surface area contributed by atoms with Crippen LogP contribution in [0, 0.1) is 11.5 Å². The number of carboxylic acid groups (broad SMARTS) is 1. The zero-order valence-corrected chi connectivity index (χ0v) is 10.1. The molecule has 80 valence electrons. The number of H-pyrrole nitrogens is 1. The Morgan fingerprint density at radius 2 is 2.27 bits per heavy atom. The lowest BCUT2D eigenvalue weighted by molar-refractivity contribution is 0.0696. The number of carbonyl (C=O) groups is 1. The van der Waals surface area contributed by atoms with Crippen molar-refractivity contribution >= 4 is 14.0 Å². The number of hydrogen-bond acceptors (Lipinski definition) is 2. The van der Waals surface area contributed by atoms with E-state index < -0.39 is 14.0 Å². The van der Waals surface area contributed by atoms with Gasteiger partial charge in [-0.2, -0.15) is 5.10 Å². The summed E-state index contributed by atoms with van der Waals surface area (Å²) in [4.78, 5) is 10.7. The molecule has 15 heavy (non-hydrogen) atoms. The van der Waals surface area contributed by atoms with Crippen molar-refractivity contribution in [1.82, 2.24) is 10.2 Å². The van der Waals surface area contributed by atoms with Crippen LogP contribution in [0.3, 0.4) is 0 Å². The van der Waals surface area contributed by atoms with Gasteiger partial charge in [-0.3, -0.25) is 5.10 Å². The Morgan fingerprint density at radius 1 is 1.60 bits per heavy atom. The number of rotatable bonds is 2. The lowest BCUT2D eigenvalue weighted by Gasteiger charge is -2.03. The first kappa shape index (κ1) is 11.5. The van der Waals surface area contributed by atoms with E-state index >= 15 is 0 Å². The Kier molecular flexibility index (Phi) is 3.32. The minimum Gasteiger partial charge on any atom is -0.478 e. The van der Waals surface area contributed by atoms with Gasteiger partial charge in [-0.15, -0.1) is 11.5 Å². The van der Waals surface area contributed by atoms with Crippen molar-refractivity contribution in [2.75, 3.05) is 0 Å². The standard InChI is InChI=1S/C10H14N2O2Si/c1-15(2,3)6-4-5-9-8(10(13)14)7-11-12-9/h7H,5H2,1-3H3,(H,11,12)(H,13,14). The third-order valence-corrected chi connectivity index (χ3v) is 2.60. The Labute approximate surface area is 89.7 Å². The average Bonchev–Trinajstić information content (AvgIpc) is 2.49. The minimum absolute atomic E-state index is 0.208. The van der Waals surface area contributed by atoms with Gasteiger partial charge in [0.2, 0.25) is 0 Å². The predicted molar refractivity (Wildman–Crippen MR) is 60.4 cm³/mol. The third kappa shape index (κ3) is 3.60. The molecule has 0 spiro atoms. The van der Waals surface area contributed by atoms with Crippen LogP contribution in [0.2, 0.25) is 19.6 Å². The van der Waals surface area contributed by atoms with Gasteiger partial charge in [0.1, 0.15) is 13.6 Å². The Morgan fingerprint density at radius 3 is 2.80 bits per heavy atom. The summed E-state index contributed by atoms with van der Waals surface area (Å²) in [6.45, 7) is 6.43. The van der Waals surface area contributed by atoms with E-state index in [1.54, 1.807) is 0 Å². The maximum Gasteiger partial charge on any atom is 0.339 e. The van der Waals surface area contributed by atoms with Gasteiger partial charge in [-0.05, 0) is 0 Å². The number of hydrogen-bond donors (Lipinski definition) is 2. The van der Waals surface area contributed by atoms with Gasteiger partial charge in [0.25, 0.3) is 0 Å². The summed E-state index contributed by atoms with van der Waals surface area (Å²) in [5, 5.41) is 15.2. The second kappa shape index (κ2) is 4.32. The number of carboxylic acids is 1. The summed E-state index contributed by atoms with van der Waals surface area (Å²) < 4.78 is 0. The molecule has 0 unspecified atom stereocenters. The fourth-order valence-corrected chi connectivity index (χ4v) is 1.65. The predicted octanol–water partition coefficient (Wildman–Crippen LogP) is 1.53. The van der Waals surface area contributed by atoms with Crippen LogP contribution in [0.15, 0.2) is 6.20 Å². The van der Waals surface area contributed by atoms with Gasteiger partial charge < -0.3 is 5.11 Å². The van der Waals surface area contributed by atoms with E-state index in [1.165, 1.54) is 6.20 Å². The highest BCUT2D eigenvalue weighted by Crippen LogP contribution is 2.05. The highest BCUT2D eigenvalue weighted by molar-refractivity contribution is 6.83. The van der Waals surface area contributed by atoms with E-state index in [9.17, 15) is 4.79 Å². The molecular formula is C10H14N2O2Si. The van der Waals surface area contributed by atoms with E-state index in [4.69, 9.17) is 5.11 Å². The van der Waals surface area contributed by atoms with Crippen LogP contribution in [-0.2, 0) is 6.42 Å². The minimum atomic E-state index is -1.38. The molecule has 1 aromatic rings. The molecule has 1 aromatic heterocycles. The molecule has 0 aliphatic heterocycles. The van der Waals surface area contributed by atoms with Gasteiger partial charge in [0.15, 0.2) is 0 Å². The summed E-state index contributed by atoms with van der Waals surface area (Å²) in [6, 6.07) is 0. The Balaban J connectivity index is 2.77. The fourth-order valence-electron chi connectivity index (χ4n) is 1.03. The SMILES string of the molecule is C[Si](C)(C)C#CCc1[nH]ncc1C(=O)O. The van der Waals surface area contributed by atoms with E-state index in [0.29, 0.717) is 12.1 Å². The molecule has 1 rings (SSSR count). The third-order valence-electron chi connectivity index (χ3n) is 1.68. The molecule has 0 saturated carbocycles. The topological polar surface area (TPSA) is 66.0 Å². The molecule has 0 radical (unpaired) electrons. The van der Waals surface area contributed by atoms with Crippen molar-refractivity contribution < 1.29 is 9.90 Å². The van der Waals surface area contributed by atoms with Crippen molar-refractivity contribution in [3.63, 3.8) is 0 Å². The van der Waals surface area contributed by atoms with E-state index in [1.807, 2.05) is 0 Å². The van der Waals surface area contributed by atoms with Crippen molar-refractivity contribution in [1.29, 1.82) is 0 Å². The van der Waals surface area contributed by atoms with Crippen LogP contribution < -0.4 is 0 Å². The maximum atomic E-state index is 10.7. The van der Waals surface area contributed by atoms with Gasteiger partial charge in [-0.1, -0.05) is 19.6 Å². The summed E-state index contributed by atoms with van der Waals surface area (Å²) in [7, 11) is -1.38. The summed E-state index contributed by atoms with van der Waals surface area (Å²) >= 11 is 0. The van der Waals surface area contributed by atoms with Gasteiger partial charge in [0.05, 0.1) is 18.3 Å². The van der Waals surface area contributed by atoms with Crippen molar-refractivity contribution in [2.45, 2.75) is 26.1 Å². The zero-order valence-electron chi connectivity index (χ0n) is 9.09. The maximum absolute atomic E-state index is 10.7. The molecule has 0 saturated heterocycles. The first-order valence-electron chi connectivity index (χ1n) is 4.66. The normalized spacial score (nSPS) is 10.6. The molecule has 1 heterocycles. The molecule has 0 bridgehead atoms. The second-order valence-corrected chi connectivity index (χ2v) is 9.05. The molecule has 0 aliphatic rings. The second-order valence-electron chi connectivity index (χ2n) is 4.30. The largest absolute Gasteiger partial charge is 0.478 e. The number of aromatic nitrogens is 2. The lowest BCUT2D eigenvalue weighted by Crippen LogP contribution is -2.16. The first-order chi connectivity index (χ1) is 6.90. The van der Waals surface area contributed by atoms with E-state index in [0.717, 1.165) is 0 Å². The first-order valence-corrected chi connectivity index (χ1v) is 8.16. The molecule has 2 N–H and O–H groups in total. The quantitative estimate of drug-likeness (QED) is 0.589. The molecule has 0 aliphatic carbocycles. The zero-order chi connectivity index (χ0) is 11.5. The molecule has 5 heteroatoms. The lowest BCUT2D eigenvalue weighted by atomic mass is 10.2. The number of nitrogens with zero attached hydrogens (tertiary/aromatic N) is 1. The van der Waals surface area contributed by atoms with Crippen LogP contribution in [-0.4, -0.2) is 29.3 Å². The van der Waals surface area contributed by atoms with Gasteiger partial charge >= 0.3 is 5.97 Å². The van der Waals surface area contributed by atoms with Crippen molar-refractivity contribution in [3.8, 4) is 11.5 Å². The van der Waals surface area contributed by atoms with Crippen LogP contribution in [0.1, 0.15) is 16.1 Å². The molecule has 4 nitrogen and oxygen atoms in total. The van der Waals surface area contributed by atoms with Crippen LogP contribution in [0.25, 0.3) is 0 Å². The fraction of sp³-hybridized carbons (Fsp3) is 0.400. The Bertz CT molecular complexity index is 421. The molecule has 0 atom stereocenters. The van der Waals surface area contributed by atoms with Crippen LogP contribution in [0.5, 0.6) is 0 Å². The van der Waals surface area contributed by atoms with E-state index in [2.05, 4.69) is 41.3 Å². The number of aromatic carboxylic acids is 1. The summed E-state index contributed by atoms with van der Waals surface area (Å²) in [6.07, 6.45) is 1.74. The van der Waals surface area contributed by atoms with Gasteiger partial charge in [0, 0.05) is 0 Å². The molecule has 0 amide bonds. The molecule has 0 aromatic carbocycles. The number of aromatic amines is 1. The van der Waals surface area contributed by atoms with Crippen LogP contribution >= 0.6 is 0 Å². The van der Waals surface area contributed by atoms with Crippen molar-refractivity contribution in [2.24, 2.45) is 0 Å². The molecular weight excluding hydrogens is 208 g/mol. The van der Waals surface area contributed by atoms with Crippen LogP contribution in [0.4, 0.5) is 0 Å². The highest BCUT2D eigenvalue weighted by Gasteiger charge is 2.11. The van der Waals surface area contributed by atoms with Crippen molar-refractivity contribution in [3.05, 3.63) is 17.5 Å². The van der Waals surface area contributed by atoms with Gasteiger partial charge in [-0.25, -0.2) is 4.79 Å². The number of nitrogens with one attached hydrogen (secondary N) is 1. The average molecular weight is 222 g/mol. The summed E-state index contributed by atoms with van der Waals surface area (Å²) in [5.74, 6) is 2.04. The smallest absolute Gasteiger partial charge is 0.339 e. The van der Waals surface area contributed by atoms with E-state index in [-0.39, 0.29) is 5.56 Å². The molecule has 0 fully saturated rings. The monoisotopic (exact) mass is 222 g/mol. The summed E-state index contributed by atoms with van der Waals surface area (Å²) in [5.41, 5.74) is 3.96. The highest BCUT2D eigenvalue weighted by atomic mass is 28.3.